The van der Waals surface area contributed by atoms with Crippen molar-refractivity contribution in [2.24, 2.45) is 16.8 Å². The topological polar surface area (TPSA) is 210 Å². The van der Waals surface area contributed by atoms with Gasteiger partial charge in [0.2, 0.25) is 21.8 Å². The summed E-state index contributed by atoms with van der Waals surface area (Å²) in [6.07, 6.45) is 0. The van der Waals surface area contributed by atoms with E-state index in [-0.39, 0.29) is 10.6 Å². The van der Waals surface area contributed by atoms with Crippen molar-refractivity contribution in [2.75, 3.05) is 19.5 Å². The van der Waals surface area contributed by atoms with Crippen LogP contribution in [-0.4, -0.2) is 61.1 Å². The van der Waals surface area contributed by atoms with Crippen LogP contribution in [0.25, 0.3) is 0 Å². The molecule has 220 valence electrons. The lowest BCUT2D eigenvalue weighted by Crippen LogP contribution is -2.41. The van der Waals surface area contributed by atoms with Gasteiger partial charge in [-0.2, -0.15) is 4.90 Å². The number of anilines is 1. The van der Waals surface area contributed by atoms with E-state index in [9.17, 15) is 32.4 Å². The van der Waals surface area contributed by atoms with E-state index in [0.717, 1.165) is 23.1 Å². The number of aromatic nitrogens is 1. The van der Waals surface area contributed by atoms with Crippen LogP contribution < -0.4 is 30.5 Å². The lowest BCUT2D eigenvalue weighted by molar-refractivity contribution is -0.135. The number of ether oxygens (including phenoxy) is 2. The fraction of sp³-hybridized carbons (Fsp3) is 0.240. The number of thiazole rings is 1. The number of benzene rings is 2. The zero-order chi connectivity index (χ0) is 30.5. The van der Waals surface area contributed by atoms with Crippen LogP contribution in [0, 0.1) is 5.92 Å². The van der Waals surface area contributed by atoms with E-state index in [1.165, 1.54) is 43.1 Å². The summed E-state index contributed by atoms with van der Waals surface area (Å²) in [5.41, 5.74) is 6.14. The number of primary amides is 1. The molecule has 3 atom stereocenters. The van der Waals surface area contributed by atoms with E-state index in [1.807, 2.05) is 0 Å². The van der Waals surface area contributed by atoms with Gasteiger partial charge in [0.15, 0.2) is 11.5 Å². The van der Waals surface area contributed by atoms with Crippen molar-refractivity contribution in [3.8, 4) is 11.5 Å². The maximum Gasteiger partial charge on any atom is 0.328 e. The molecule has 1 aromatic heterocycles. The number of nitrogens with zero attached hydrogens (tertiary/aromatic N) is 2. The summed E-state index contributed by atoms with van der Waals surface area (Å²) in [6, 6.07) is 8.83. The summed E-state index contributed by atoms with van der Waals surface area (Å²) in [6.45, 7) is -0.452. The minimum absolute atomic E-state index is 0.142. The SMILES string of the molecule is COc1ccc(C2c3sc(=O)n(CC(=O)Nc4ccc(S(N)(=O)=O)cc4)c3SC3C(=O)N(C(N)=O)C(=O)C32)cc1OC. The second-order valence-corrected chi connectivity index (χ2v) is 12.9. The molecule has 3 unspecified atom stereocenters. The van der Waals surface area contributed by atoms with Crippen molar-refractivity contribution in [1.29, 1.82) is 0 Å². The lowest BCUT2D eigenvalue weighted by Gasteiger charge is -2.31. The molecule has 5 N–H and O–H groups in total. The molecule has 2 aliphatic rings. The Morgan fingerprint density at radius 1 is 1.00 bits per heavy atom. The fourth-order valence-electron chi connectivity index (χ4n) is 4.95. The van der Waals surface area contributed by atoms with E-state index in [0.29, 0.717) is 31.9 Å². The molecular formula is C25H23N5O9S3. The van der Waals surface area contributed by atoms with E-state index < -0.39 is 62.3 Å². The molecule has 5 rings (SSSR count). The molecule has 0 spiro atoms. The smallest absolute Gasteiger partial charge is 0.328 e. The monoisotopic (exact) mass is 633 g/mol. The van der Waals surface area contributed by atoms with Crippen molar-refractivity contribution in [3.63, 3.8) is 0 Å². The van der Waals surface area contributed by atoms with Gasteiger partial charge in [-0.25, -0.2) is 18.4 Å². The van der Waals surface area contributed by atoms with Crippen molar-refractivity contribution >= 4 is 62.6 Å². The number of methoxy groups -OCH3 is 2. The number of carbonyl (C=O) groups is 4. The maximum atomic E-state index is 13.4. The predicted molar refractivity (Wildman–Crippen MR) is 151 cm³/mol. The van der Waals surface area contributed by atoms with Gasteiger partial charge in [0.05, 0.1) is 30.1 Å². The molecule has 3 heterocycles. The number of hydrogen-bond acceptors (Lipinski definition) is 11. The Balaban J connectivity index is 1.54. The van der Waals surface area contributed by atoms with Crippen molar-refractivity contribution < 1.29 is 37.1 Å². The zero-order valence-corrected chi connectivity index (χ0v) is 24.4. The second-order valence-electron chi connectivity index (χ2n) is 9.25. The van der Waals surface area contributed by atoms with Crippen LogP contribution in [-0.2, 0) is 31.0 Å². The van der Waals surface area contributed by atoms with E-state index in [4.69, 9.17) is 20.3 Å². The van der Waals surface area contributed by atoms with E-state index in [2.05, 4.69) is 5.32 Å². The molecule has 0 aliphatic carbocycles. The Morgan fingerprint density at radius 2 is 1.67 bits per heavy atom. The first-order valence-corrected chi connectivity index (χ1v) is 15.3. The largest absolute Gasteiger partial charge is 0.493 e. The van der Waals surface area contributed by atoms with Gasteiger partial charge in [0.1, 0.15) is 11.8 Å². The van der Waals surface area contributed by atoms with Gasteiger partial charge in [-0.3, -0.25) is 23.7 Å². The number of imide groups is 3. The number of fused-ring (bicyclic) bond motifs is 2. The van der Waals surface area contributed by atoms with Crippen LogP contribution in [0.1, 0.15) is 16.4 Å². The lowest BCUT2D eigenvalue weighted by atomic mass is 9.83. The summed E-state index contributed by atoms with van der Waals surface area (Å²) in [4.78, 5) is 65.0. The third kappa shape index (κ3) is 5.04. The Labute approximate surface area is 246 Å². The highest BCUT2D eigenvalue weighted by Gasteiger charge is 2.58. The number of thioether (sulfide) groups is 1. The molecule has 3 aromatic rings. The fourth-order valence-corrected chi connectivity index (χ4v) is 8.24. The Hall–Kier alpha value is -4.19. The predicted octanol–water partition coefficient (Wildman–Crippen LogP) is 0.883. The van der Waals surface area contributed by atoms with Crippen LogP contribution in [0.3, 0.4) is 0 Å². The number of nitrogens with one attached hydrogen (secondary N) is 1. The second kappa shape index (κ2) is 10.9. The van der Waals surface area contributed by atoms with Gasteiger partial charge in [-0.05, 0) is 42.0 Å². The van der Waals surface area contributed by atoms with Crippen LogP contribution in [0.5, 0.6) is 11.5 Å². The molecule has 0 bridgehead atoms. The molecule has 42 heavy (non-hydrogen) atoms. The number of rotatable bonds is 7. The number of primary sulfonamides is 1. The first-order chi connectivity index (χ1) is 19.8. The third-order valence-electron chi connectivity index (χ3n) is 6.80. The number of carbonyl (C=O) groups excluding carboxylic acids is 4. The van der Waals surface area contributed by atoms with Gasteiger partial charge in [-0.15, -0.1) is 0 Å². The van der Waals surface area contributed by atoms with Gasteiger partial charge in [-0.1, -0.05) is 29.2 Å². The van der Waals surface area contributed by atoms with E-state index in [1.54, 1.807) is 18.2 Å². The number of hydrogen-bond donors (Lipinski definition) is 3. The zero-order valence-electron chi connectivity index (χ0n) is 21.9. The van der Waals surface area contributed by atoms with Gasteiger partial charge >= 0.3 is 10.9 Å². The number of sulfonamides is 1. The molecule has 2 aliphatic heterocycles. The van der Waals surface area contributed by atoms with Gasteiger partial charge in [0, 0.05) is 16.5 Å². The summed E-state index contributed by atoms with van der Waals surface area (Å²) in [5.74, 6) is -3.37. The third-order valence-corrected chi connectivity index (χ3v) is 10.3. The Kier molecular flexibility index (Phi) is 7.61. The molecule has 1 fully saturated rings. The highest BCUT2D eigenvalue weighted by atomic mass is 32.2. The van der Waals surface area contributed by atoms with Crippen molar-refractivity contribution in [2.45, 2.75) is 27.6 Å². The van der Waals surface area contributed by atoms with Crippen molar-refractivity contribution in [3.05, 3.63) is 62.6 Å². The average molecular weight is 634 g/mol. The normalized spacial score (nSPS) is 19.7. The summed E-state index contributed by atoms with van der Waals surface area (Å²) >= 11 is 1.73. The molecule has 0 saturated carbocycles. The van der Waals surface area contributed by atoms with Crippen LogP contribution >= 0.6 is 23.1 Å². The molecule has 5 amide bonds. The highest BCUT2D eigenvalue weighted by Crippen LogP contribution is 2.54. The van der Waals surface area contributed by atoms with Crippen LogP contribution in [0.4, 0.5) is 10.5 Å². The quantitative estimate of drug-likeness (QED) is 0.313. The van der Waals surface area contributed by atoms with Crippen molar-refractivity contribution in [1.82, 2.24) is 9.47 Å². The summed E-state index contributed by atoms with van der Waals surface area (Å²) in [7, 11) is -1.04. The molecule has 14 nitrogen and oxygen atoms in total. The van der Waals surface area contributed by atoms with Gasteiger partial charge < -0.3 is 20.5 Å². The summed E-state index contributed by atoms with van der Waals surface area (Å²) in [5, 5.41) is 6.89. The molecular weight excluding hydrogens is 611 g/mol. The molecule has 1 saturated heterocycles. The Morgan fingerprint density at radius 3 is 2.26 bits per heavy atom. The Bertz CT molecular complexity index is 1800. The standard InChI is InChI=1S/C25H23N5O9S3/c1-38-14-8-3-11(9-15(14)39-2)17-18-19(22(33)30(21(18)32)24(26)34)40-23-20(17)41-25(35)29(23)10-16(31)28-12-4-6-13(7-5-12)42(27,36)37/h3-9,17-19H,10H2,1-2H3,(H2,26,34)(H,28,31)(H2,27,36,37). The highest BCUT2D eigenvalue weighted by molar-refractivity contribution is 8.00. The molecule has 2 aromatic carbocycles. The van der Waals surface area contributed by atoms with Crippen LogP contribution in [0.15, 0.2) is 57.2 Å². The van der Waals surface area contributed by atoms with E-state index >= 15 is 0 Å². The minimum Gasteiger partial charge on any atom is -0.493 e. The number of likely N-dealkylation sites (tertiary alicyclic amines) is 1. The van der Waals surface area contributed by atoms with Crippen LogP contribution in [0.2, 0.25) is 0 Å². The van der Waals surface area contributed by atoms with Gasteiger partial charge in [0.25, 0.3) is 5.91 Å². The first-order valence-electron chi connectivity index (χ1n) is 12.1. The minimum atomic E-state index is -3.92. The first kappa shape index (κ1) is 29.3. The maximum absolute atomic E-state index is 13.4. The molecule has 17 heteroatoms. The molecule has 0 radical (unpaired) electrons. The average Bonchev–Trinajstić information content (AvgIpc) is 3.38. The number of amides is 5. The summed E-state index contributed by atoms with van der Waals surface area (Å²) < 4.78 is 34.9. The number of nitrogens with two attached hydrogens (primary N) is 2. The number of urea groups is 1.